The lowest BCUT2D eigenvalue weighted by atomic mass is 10.1. The smallest absolute Gasteiger partial charge is 0.349 e. The van der Waals surface area contributed by atoms with E-state index in [-0.39, 0.29) is 5.56 Å². The van der Waals surface area contributed by atoms with E-state index >= 15 is 0 Å². The van der Waals surface area contributed by atoms with Crippen LogP contribution in [0.25, 0.3) is 22.2 Å². The summed E-state index contributed by atoms with van der Waals surface area (Å²) in [6.45, 7) is 0. The Balaban J connectivity index is 1.61. The number of carbonyl (C=O) groups is 1. The number of nitrogens with zero attached hydrogens (tertiary/aromatic N) is 1. The van der Waals surface area contributed by atoms with Gasteiger partial charge in [-0.15, -0.1) is 0 Å². The van der Waals surface area contributed by atoms with Gasteiger partial charge < -0.3 is 14.5 Å². The van der Waals surface area contributed by atoms with Crippen molar-refractivity contribution in [1.29, 1.82) is 0 Å². The van der Waals surface area contributed by atoms with Crippen LogP contribution in [0.1, 0.15) is 10.4 Å². The van der Waals surface area contributed by atoms with Crippen LogP contribution in [0.2, 0.25) is 0 Å². The first-order chi connectivity index (χ1) is 13.2. The second kappa shape index (κ2) is 6.80. The molecule has 0 saturated carbocycles. The Labute approximate surface area is 153 Å². The van der Waals surface area contributed by atoms with Crippen LogP contribution in [0.3, 0.4) is 0 Å². The van der Waals surface area contributed by atoms with Crippen LogP contribution in [0.15, 0.2) is 70.0 Å². The molecule has 0 radical (unpaired) electrons. The summed E-state index contributed by atoms with van der Waals surface area (Å²) in [4.78, 5) is 24.8. The number of methoxy groups -OCH3 is 1. The van der Waals surface area contributed by atoms with Gasteiger partial charge in [0.15, 0.2) is 11.3 Å². The Hall–Kier alpha value is -3.87. The number of hydrogen-bond donors (Lipinski definition) is 2. The Bertz CT molecular complexity index is 1160. The zero-order chi connectivity index (χ0) is 18.8. The number of nitrogens with one attached hydrogen (secondary N) is 2. The van der Waals surface area contributed by atoms with E-state index in [1.54, 1.807) is 36.5 Å². The molecule has 4 aromatic rings. The van der Waals surface area contributed by atoms with Crippen molar-refractivity contribution in [1.82, 2.24) is 10.2 Å². The molecule has 0 bridgehead atoms. The van der Waals surface area contributed by atoms with Gasteiger partial charge in [0.25, 0.3) is 5.91 Å². The van der Waals surface area contributed by atoms with E-state index in [1.807, 2.05) is 18.2 Å². The van der Waals surface area contributed by atoms with Crippen molar-refractivity contribution in [3.8, 4) is 17.0 Å². The molecule has 1 amide bonds. The number of aromatic nitrogens is 2. The van der Waals surface area contributed by atoms with Crippen molar-refractivity contribution >= 4 is 22.6 Å². The summed E-state index contributed by atoms with van der Waals surface area (Å²) in [5.74, 6) is -0.103. The van der Waals surface area contributed by atoms with Crippen molar-refractivity contribution in [3.63, 3.8) is 0 Å². The lowest BCUT2D eigenvalue weighted by Gasteiger charge is -2.07. The molecule has 0 spiro atoms. The number of anilines is 1. The third-order valence-electron chi connectivity index (χ3n) is 4.14. The maximum Gasteiger partial charge on any atom is 0.349 e. The molecule has 7 heteroatoms. The van der Waals surface area contributed by atoms with Crippen LogP contribution in [0, 0.1) is 0 Å². The number of amides is 1. The molecule has 134 valence electrons. The molecule has 2 heterocycles. The van der Waals surface area contributed by atoms with Crippen molar-refractivity contribution in [2.45, 2.75) is 0 Å². The molecule has 0 fully saturated rings. The Morgan fingerprint density at radius 2 is 1.96 bits per heavy atom. The lowest BCUT2D eigenvalue weighted by molar-refractivity contribution is 0.102. The van der Waals surface area contributed by atoms with Crippen LogP contribution < -0.4 is 15.7 Å². The summed E-state index contributed by atoms with van der Waals surface area (Å²) in [6.07, 6.45) is 1.67. The molecule has 7 nitrogen and oxygen atoms in total. The number of fused-ring (bicyclic) bond motifs is 1. The second-order valence-corrected chi connectivity index (χ2v) is 5.83. The average molecular weight is 361 g/mol. The molecule has 27 heavy (non-hydrogen) atoms. The average Bonchev–Trinajstić information content (AvgIpc) is 3.22. The van der Waals surface area contributed by atoms with Gasteiger partial charge in [-0.25, -0.2) is 4.79 Å². The molecule has 0 aliphatic rings. The monoisotopic (exact) mass is 361 g/mol. The number of H-pyrrole nitrogens is 1. The van der Waals surface area contributed by atoms with E-state index in [9.17, 15) is 9.59 Å². The van der Waals surface area contributed by atoms with Crippen molar-refractivity contribution in [3.05, 3.63) is 76.8 Å². The third kappa shape index (κ3) is 3.18. The normalized spacial score (nSPS) is 10.7. The molecule has 0 aliphatic carbocycles. The summed E-state index contributed by atoms with van der Waals surface area (Å²) in [6, 6.07) is 15.7. The number of hydrogen-bond acceptors (Lipinski definition) is 5. The van der Waals surface area contributed by atoms with Crippen LogP contribution in [-0.2, 0) is 0 Å². The van der Waals surface area contributed by atoms with E-state index < -0.39 is 11.5 Å². The van der Waals surface area contributed by atoms with E-state index in [2.05, 4.69) is 15.5 Å². The number of aromatic amines is 1. The zero-order valence-electron chi connectivity index (χ0n) is 14.4. The first-order valence-electron chi connectivity index (χ1n) is 8.18. The number of para-hydroxylation sites is 1. The highest BCUT2D eigenvalue weighted by molar-refractivity contribution is 6.05. The molecule has 4 rings (SSSR count). The van der Waals surface area contributed by atoms with E-state index in [1.165, 1.54) is 13.2 Å². The molecule has 2 aromatic heterocycles. The number of ether oxygens (including phenoxy) is 1. The van der Waals surface area contributed by atoms with Gasteiger partial charge in [-0.2, -0.15) is 5.10 Å². The molecule has 2 N–H and O–H groups in total. The Kier molecular flexibility index (Phi) is 4.18. The number of carbonyl (C=O) groups excluding carboxylic acids is 1. The number of rotatable bonds is 4. The van der Waals surface area contributed by atoms with Crippen molar-refractivity contribution < 1.29 is 13.9 Å². The van der Waals surface area contributed by atoms with Gasteiger partial charge in [0.1, 0.15) is 5.56 Å². The van der Waals surface area contributed by atoms with Crippen LogP contribution in [0.4, 0.5) is 5.69 Å². The summed E-state index contributed by atoms with van der Waals surface area (Å²) in [5, 5.41) is 10.1. The molecular weight excluding hydrogens is 346 g/mol. The minimum Gasteiger partial charge on any atom is -0.493 e. The van der Waals surface area contributed by atoms with Gasteiger partial charge >= 0.3 is 5.63 Å². The summed E-state index contributed by atoms with van der Waals surface area (Å²) < 4.78 is 10.5. The third-order valence-corrected chi connectivity index (χ3v) is 4.14. The van der Waals surface area contributed by atoms with Crippen LogP contribution in [0.5, 0.6) is 5.75 Å². The largest absolute Gasteiger partial charge is 0.493 e. The molecule has 0 atom stereocenters. The van der Waals surface area contributed by atoms with E-state index in [4.69, 9.17) is 9.15 Å². The zero-order valence-corrected chi connectivity index (χ0v) is 14.4. The summed E-state index contributed by atoms with van der Waals surface area (Å²) >= 11 is 0. The fourth-order valence-electron chi connectivity index (χ4n) is 2.78. The first kappa shape index (κ1) is 16.6. The second-order valence-electron chi connectivity index (χ2n) is 5.83. The topological polar surface area (TPSA) is 97.2 Å². The van der Waals surface area contributed by atoms with Crippen molar-refractivity contribution in [2.24, 2.45) is 0 Å². The van der Waals surface area contributed by atoms with E-state index in [0.717, 1.165) is 11.3 Å². The van der Waals surface area contributed by atoms with E-state index in [0.29, 0.717) is 22.4 Å². The molecule has 0 unspecified atom stereocenters. The highest BCUT2D eigenvalue weighted by Gasteiger charge is 2.15. The lowest BCUT2D eigenvalue weighted by Crippen LogP contribution is -2.20. The predicted octanol–water partition coefficient (Wildman–Crippen LogP) is 3.44. The SMILES string of the molecule is COc1cccc2cc(C(=O)Nc3ccc(-c4ccn[nH]4)cc3)c(=O)oc12. The Morgan fingerprint density at radius 3 is 2.67 bits per heavy atom. The first-order valence-corrected chi connectivity index (χ1v) is 8.18. The fourth-order valence-corrected chi connectivity index (χ4v) is 2.78. The van der Waals surface area contributed by atoms with Crippen molar-refractivity contribution in [2.75, 3.05) is 12.4 Å². The van der Waals surface area contributed by atoms with Gasteiger partial charge in [-0.1, -0.05) is 24.3 Å². The summed E-state index contributed by atoms with van der Waals surface area (Å²) in [5.41, 5.74) is 1.88. The quantitative estimate of drug-likeness (QED) is 0.543. The predicted molar refractivity (Wildman–Crippen MR) is 101 cm³/mol. The molecule has 0 saturated heterocycles. The fraction of sp³-hybridized carbons (Fsp3) is 0.0500. The maximum absolute atomic E-state index is 12.5. The standard InChI is InChI=1S/C20H15N3O4/c1-26-17-4-2-3-13-11-15(20(25)27-18(13)17)19(24)22-14-7-5-12(6-8-14)16-9-10-21-23-16/h2-11H,1H3,(H,21,23)(H,22,24). The molecular formula is C20H15N3O4. The highest BCUT2D eigenvalue weighted by atomic mass is 16.5. The Morgan fingerprint density at radius 1 is 1.15 bits per heavy atom. The van der Waals surface area contributed by atoms with Gasteiger partial charge in [0.2, 0.25) is 0 Å². The van der Waals surface area contributed by atoms with Gasteiger partial charge in [-0.3, -0.25) is 9.89 Å². The molecule has 2 aromatic carbocycles. The maximum atomic E-state index is 12.5. The van der Waals surface area contributed by atoms with Gasteiger partial charge in [0.05, 0.1) is 12.8 Å². The summed E-state index contributed by atoms with van der Waals surface area (Å²) in [7, 11) is 1.49. The van der Waals surface area contributed by atoms with Crippen LogP contribution >= 0.6 is 0 Å². The highest BCUT2D eigenvalue weighted by Crippen LogP contribution is 2.25. The minimum atomic E-state index is -0.724. The van der Waals surface area contributed by atoms with Crippen LogP contribution in [-0.4, -0.2) is 23.2 Å². The molecule has 0 aliphatic heterocycles. The minimum absolute atomic E-state index is 0.0756. The van der Waals surface area contributed by atoms with Gasteiger partial charge in [0, 0.05) is 17.3 Å². The number of benzene rings is 2. The van der Waals surface area contributed by atoms with Gasteiger partial charge in [-0.05, 0) is 35.9 Å².